The summed E-state index contributed by atoms with van der Waals surface area (Å²) in [7, 11) is -3.44. The molecule has 0 aliphatic carbocycles. The van der Waals surface area contributed by atoms with Crippen molar-refractivity contribution in [3.63, 3.8) is 0 Å². The van der Waals surface area contributed by atoms with E-state index in [1.54, 1.807) is 6.92 Å². The molecule has 0 saturated carbocycles. The van der Waals surface area contributed by atoms with Gasteiger partial charge >= 0.3 is 0 Å². The maximum Gasteiger partial charge on any atom is 0.243 e. The van der Waals surface area contributed by atoms with Crippen LogP contribution in [0.25, 0.3) is 0 Å². The molecule has 1 rings (SSSR count). The fraction of sp³-hybridized carbons (Fsp3) is 0.571. The highest BCUT2D eigenvalue weighted by Gasteiger charge is 2.17. The Hall–Kier alpha value is -0.920. The molecule has 0 aromatic carbocycles. The first kappa shape index (κ1) is 11.2. The zero-order valence-corrected chi connectivity index (χ0v) is 8.71. The van der Waals surface area contributed by atoms with E-state index in [0.29, 0.717) is 13.0 Å². The van der Waals surface area contributed by atoms with Crippen molar-refractivity contribution in [1.29, 1.82) is 0 Å². The Morgan fingerprint density at radius 3 is 2.93 bits per heavy atom. The van der Waals surface area contributed by atoms with Crippen LogP contribution in [-0.2, 0) is 10.0 Å². The summed E-state index contributed by atoms with van der Waals surface area (Å²) in [6, 6.07) is -0.167. The van der Waals surface area contributed by atoms with Crippen LogP contribution in [0, 0.1) is 0 Å². The van der Waals surface area contributed by atoms with Crippen LogP contribution in [0.5, 0.6) is 0 Å². The van der Waals surface area contributed by atoms with Gasteiger partial charge < -0.3 is 5.73 Å². The third kappa shape index (κ3) is 2.79. The van der Waals surface area contributed by atoms with Crippen molar-refractivity contribution >= 4 is 10.0 Å². The van der Waals surface area contributed by atoms with Gasteiger partial charge in [0.2, 0.25) is 10.0 Å². The number of nitrogens with two attached hydrogens (primary N) is 1. The highest BCUT2D eigenvalue weighted by molar-refractivity contribution is 7.89. The molecule has 1 aromatic heterocycles. The summed E-state index contributed by atoms with van der Waals surface area (Å²) in [6.45, 7) is 2.22. The van der Waals surface area contributed by atoms with Gasteiger partial charge in [-0.05, 0) is 19.9 Å². The molecule has 0 bridgehead atoms. The second-order valence-corrected chi connectivity index (χ2v) is 4.75. The van der Waals surface area contributed by atoms with Crippen molar-refractivity contribution in [2.75, 3.05) is 6.54 Å². The molecule has 1 aromatic rings. The van der Waals surface area contributed by atoms with Crippen LogP contribution in [0.1, 0.15) is 13.3 Å². The minimum absolute atomic E-state index is 0.140. The maximum absolute atomic E-state index is 11.6. The fourth-order valence-electron chi connectivity index (χ4n) is 1.03. The number of nitrogens with one attached hydrogen (secondary N) is 2. The first-order valence-corrected chi connectivity index (χ1v) is 5.76. The van der Waals surface area contributed by atoms with E-state index < -0.39 is 10.0 Å². The third-order valence-electron chi connectivity index (χ3n) is 1.74. The summed E-state index contributed by atoms with van der Waals surface area (Å²) in [6.07, 6.45) is 3.20. The number of sulfonamides is 1. The minimum Gasteiger partial charge on any atom is -0.330 e. The molecule has 14 heavy (non-hydrogen) atoms. The molecule has 80 valence electrons. The normalized spacial score (nSPS) is 14.1. The lowest BCUT2D eigenvalue weighted by molar-refractivity contribution is 0.550. The second kappa shape index (κ2) is 4.54. The molecule has 6 nitrogen and oxygen atoms in total. The summed E-state index contributed by atoms with van der Waals surface area (Å²) in [5, 5.41) is 6.02. The molecule has 1 heterocycles. The van der Waals surface area contributed by atoms with Gasteiger partial charge in [-0.2, -0.15) is 5.10 Å². The van der Waals surface area contributed by atoms with Gasteiger partial charge in [-0.1, -0.05) is 0 Å². The molecule has 0 aliphatic rings. The first-order valence-electron chi connectivity index (χ1n) is 4.27. The van der Waals surface area contributed by atoms with Crippen LogP contribution in [0.15, 0.2) is 17.3 Å². The van der Waals surface area contributed by atoms with Gasteiger partial charge in [-0.25, -0.2) is 13.1 Å². The lowest BCUT2D eigenvalue weighted by Gasteiger charge is -2.11. The van der Waals surface area contributed by atoms with Gasteiger partial charge in [-0.3, -0.25) is 5.10 Å². The quantitative estimate of drug-likeness (QED) is 0.615. The van der Waals surface area contributed by atoms with Crippen LogP contribution in [0.3, 0.4) is 0 Å². The second-order valence-electron chi connectivity index (χ2n) is 3.03. The van der Waals surface area contributed by atoms with Gasteiger partial charge in [0, 0.05) is 12.2 Å². The largest absolute Gasteiger partial charge is 0.330 e. The van der Waals surface area contributed by atoms with Gasteiger partial charge in [0.15, 0.2) is 0 Å². The SMILES string of the molecule is CC(CCN)NS(=O)(=O)c1cn[nH]c1. The number of H-pyrrole nitrogens is 1. The molecule has 0 fully saturated rings. The van der Waals surface area contributed by atoms with Crippen LogP contribution < -0.4 is 10.5 Å². The van der Waals surface area contributed by atoms with E-state index in [9.17, 15) is 8.42 Å². The van der Waals surface area contributed by atoms with Crippen LogP contribution in [0.2, 0.25) is 0 Å². The van der Waals surface area contributed by atoms with E-state index in [0.717, 1.165) is 0 Å². The molecule has 0 spiro atoms. The predicted molar refractivity (Wildman–Crippen MR) is 52.0 cm³/mol. The zero-order chi connectivity index (χ0) is 10.6. The van der Waals surface area contributed by atoms with Gasteiger partial charge in [-0.15, -0.1) is 0 Å². The molecular weight excluding hydrogens is 204 g/mol. The number of rotatable bonds is 5. The summed E-state index contributed by atoms with van der Waals surface area (Å²) in [5.41, 5.74) is 5.31. The Morgan fingerprint density at radius 2 is 2.43 bits per heavy atom. The smallest absolute Gasteiger partial charge is 0.243 e. The molecule has 7 heteroatoms. The zero-order valence-electron chi connectivity index (χ0n) is 7.90. The predicted octanol–water partition coefficient (Wildman–Crippen LogP) is -0.575. The van der Waals surface area contributed by atoms with E-state index in [1.807, 2.05) is 0 Å². The van der Waals surface area contributed by atoms with Crippen molar-refractivity contribution in [3.05, 3.63) is 12.4 Å². The first-order chi connectivity index (χ1) is 6.56. The van der Waals surface area contributed by atoms with Gasteiger partial charge in [0.25, 0.3) is 0 Å². The minimum atomic E-state index is -3.44. The molecule has 1 unspecified atom stereocenters. The van der Waals surface area contributed by atoms with Gasteiger partial charge in [0.05, 0.1) is 6.20 Å². The van der Waals surface area contributed by atoms with Crippen molar-refractivity contribution < 1.29 is 8.42 Å². The average Bonchev–Trinajstić information content (AvgIpc) is 2.54. The number of hydrogen-bond donors (Lipinski definition) is 3. The summed E-state index contributed by atoms with van der Waals surface area (Å²) < 4.78 is 25.6. The molecule has 0 saturated heterocycles. The van der Waals surface area contributed by atoms with E-state index in [-0.39, 0.29) is 10.9 Å². The summed E-state index contributed by atoms with van der Waals surface area (Å²) >= 11 is 0. The molecule has 4 N–H and O–H groups in total. The van der Waals surface area contributed by atoms with E-state index >= 15 is 0 Å². The topological polar surface area (TPSA) is 101 Å². The number of nitrogens with zero attached hydrogens (tertiary/aromatic N) is 1. The van der Waals surface area contributed by atoms with Gasteiger partial charge in [0.1, 0.15) is 4.90 Å². The summed E-state index contributed by atoms with van der Waals surface area (Å²) in [4.78, 5) is 0.140. The lowest BCUT2D eigenvalue weighted by atomic mass is 10.3. The molecule has 1 atom stereocenters. The van der Waals surface area contributed by atoms with Crippen molar-refractivity contribution in [1.82, 2.24) is 14.9 Å². The Balaban J connectivity index is 2.68. The highest BCUT2D eigenvalue weighted by atomic mass is 32.2. The molecule has 0 aliphatic heterocycles. The maximum atomic E-state index is 11.6. The van der Waals surface area contributed by atoms with Crippen molar-refractivity contribution in [2.24, 2.45) is 5.73 Å². The standard InChI is InChI=1S/C7H14N4O2S/c1-6(2-3-8)11-14(12,13)7-4-9-10-5-7/h4-6,11H,2-3,8H2,1H3,(H,9,10). The van der Waals surface area contributed by atoms with Crippen LogP contribution in [0.4, 0.5) is 0 Å². The molecule has 0 radical (unpaired) electrons. The summed E-state index contributed by atoms with van der Waals surface area (Å²) in [5.74, 6) is 0. The van der Waals surface area contributed by atoms with Crippen LogP contribution in [-0.4, -0.2) is 31.2 Å². The Labute approximate surface area is 82.9 Å². The monoisotopic (exact) mass is 218 g/mol. The lowest BCUT2D eigenvalue weighted by Crippen LogP contribution is -2.33. The fourth-order valence-corrected chi connectivity index (χ4v) is 2.21. The van der Waals surface area contributed by atoms with E-state index in [4.69, 9.17) is 5.73 Å². The number of aromatic nitrogens is 2. The Bertz CT molecular complexity index is 359. The molecular formula is C7H14N4O2S. The number of aromatic amines is 1. The van der Waals surface area contributed by atoms with E-state index in [1.165, 1.54) is 12.4 Å². The third-order valence-corrected chi connectivity index (χ3v) is 3.30. The number of hydrogen-bond acceptors (Lipinski definition) is 4. The van der Waals surface area contributed by atoms with E-state index in [2.05, 4.69) is 14.9 Å². The van der Waals surface area contributed by atoms with Crippen LogP contribution >= 0.6 is 0 Å². The Morgan fingerprint density at radius 1 is 1.71 bits per heavy atom. The van der Waals surface area contributed by atoms with Crippen molar-refractivity contribution in [2.45, 2.75) is 24.3 Å². The molecule has 0 amide bonds. The van der Waals surface area contributed by atoms with Crippen molar-refractivity contribution in [3.8, 4) is 0 Å². The highest BCUT2D eigenvalue weighted by Crippen LogP contribution is 2.05. The average molecular weight is 218 g/mol. The Kier molecular flexibility index (Phi) is 3.62.